The molecule has 0 saturated carbocycles. The highest BCUT2D eigenvalue weighted by molar-refractivity contribution is 7.09. The van der Waals surface area contributed by atoms with Crippen molar-refractivity contribution in [2.75, 3.05) is 0 Å². The molecule has 0 fully saturated rings. The van der Waals surface area contributed by atoms with Crippen LogP contribution >= 0.6 is 11.3 Å². The first-order valence-electron chi connectivity index (χ1n) is 6.21. The highest BCUT2D eigenvalue weighted by Gasteiger charge is 2.04. The summed E-state index contributed by atoms with van der Waals surface area (Å²) in [6.45, 7) is 7.03. The highest BCUT2D eigenvalue weighted by Crippen LogP contribution is 2.19. The molecule has 1 heterocycles. The monoisotopic (exact) mass is 224 g/mol. The van der Waals surface area contributed by atoms with Gasteiger partial charge in [0, 0.05) is 4.88 Å². The molecule has 1 aromatic rings. The molecule has 0 nitrogen and oxygen atoms in total. The number of hydrogen-bond acceptors (Lipinski definition) is 1. The minimum absolute atomic E-state index is 0.870. The van der Waals surface area contributed by atoms with Crippen molar-refractivity contribution >= 4 is 11.3 Å². The number of hydrogen-bond donors (Lipinski definition) is 0. The zero-order chi connectivity index (χ0) is 11.1. The van der Waals surface area contributed by atoms with Gasteiger partial charge in [0.1, 0.15) is 0 Å². The summed E-state index contributed by atoms with van der Waals surface area (Å²) in [5.74, 6) is 1.76. The molecule has 0 spiro atoms. The Morgan fingerprint density at radius 3 is 2.53 bits per heavy atom. The minimum Gasteiger partial charge on any atom is -0.149 e. The maximum atomic E-state index is 2.40. The molecule has 0 bridgehead atoms. The van der Waals surface area contributed by atoms with E-state index in [0.717, 1.165) is 11.8 Å². The summed E-state index contributed by atoms with van der Waals surface area (Å²) in [6, 6.07) is 4.41. The number of thiophene rings is 1. The summed E-state index contributed by atoms with van der Waals surface area (Å²) in [4.78, 5) is 1.55. The summed E-state index contributed by atoms with van der Waals surface area (Å²) in [7, 11) is 0. The summed E-state index contributed by atoms with van der Waals surface area (Å²) in [6.07, 6.45) is 6.84. The standard InChI is InChI=1S/C14H24S/c1-12(2)6-4-7-13(3)9-10-14-8-5-11-15-14/h5,8,11-13H,4,6-7,9-10H2,1-3H3. The Hall–Kier alpha value is -0.300. The van der Waals surface area contributed by atoms with Crippen LogP contribution in [0, 0.1) is 11.8 Å². The van der Waals surface area contributed by atoms with Gasteiger partial charge in [-0.25, -0.2) is 0 Å². The second-order valence-electron chi connectivity index (χ2n) is 5.05. The van der Waals surface area contributed by atoms with Crippen LogP contribution in [-0.2, 0) is 6.42 Å². The molecular formula is C14H24S. The Labute approximate surface area is 98.7 Å². The van der Waals surface area contributed by atoms with Gasteiger partial charge in [0.25, 0.3) is 0 Å². The molecular weight excluding hydrogens is 200 g/mol. The zero-order valence-corrected chi connectivity index (χ0v) is 11.1. The maximum Gasteiger partial charge on any atom is 0.00453 e. The SMILES string of the molecule is CC(C)CCCC(C)CCc1cccs1. The molecule has 0 amide bonds. The molecule has 0 saturated heterocycles. The van der Waals surface area contributed by atoms with Crippen LogP contribution in [0.1, 0.15) is 51.3 Å². The molecule has 0 aliphatic carbocycles. The van der Waals surface area contributed by atoms with Crippen molar-refractivity contribution in [1.29, 1.82) is 0 Å². The van der Waals surface area contributed by atoms with Gasteiger partial charge in [-0.1, -0.05) is 46.1 Å². The zero-order valence-electron chi connectivity index (χ0n) is 10.3. The van der Waals surface area contributed by atoms with Crippen LogP contribution in [-0.4, -0.2) is 0 Å². The fraction of sp³-hybridized carbons (Fsp3) is 0.714. The predicted molar refractivity (Wildman–Crippen MR) is 70.5 cm³/mol. The van der Waals surface area contributed by atoms with Crippen LogP contribution in [0.4, 0.5) is 0 Å². The van der Waals surface area contributed by atoms with E-state index in [2.05, 4.69) is 38.3 Å². The van der Waals surface area contributed by atoms with E-state index in [1.165, 1.54) is 32.1 Å². The Morgan fingerprint density at radius 2 is 1.93 bits per heavy atom. The van der Waals surface area contributed by atoms with Gasteiger partial charge in [0.15, 0.2) is 0 Å². The Kier molecular flexibility index (Phi) is 6.00. The summed E-state index contributed by atoms with van der Waals surface area (Å²) < 4.78 is 0. The van der Waals surface area contributed by atoms with E-state index >= 15 is 0 Å². The van der Waals surface area contributed by atoms with Crippen molar-refractivity contribution in [2.24, 2.45) is 11.8 Å². The molecule has 1 aromatic heterocycles. The molecule has 1 rings (SSSR count). The summed E-state index contributed by atoms with van der Waals surface area (Å²) >= 11 is 1.89. The molecule has 0 aliphatic heterocycles. The first-order valence-corrected chi connectivity index (χ1v) is 7.09. The molecule has 86 valence electrons. The first kappa shape index (κ1) is 12.8. The van der Waals surface area contributed by atoms with E-state index < -0.39 is 0 Å². The third kappa shape index (κ3) is 5.99. The number of aryl methyl sites for hydroxylation is 1. The van der Waals surface area contributed by atoms with Crippen LogP contribution in [0.15, 0.2) is 17.5 Å². The summed E-state index contributed by atoms with van der Waals surface area (Å²) in [5.41, 5.74) is 0. The van der Waals surface area contributed by atoms with Crippen LogP contribution in [0.25, 0.3) is 0 Å². The van der Waals surface area contributed by atoms with E-state index in [-0.39, 0.29) is 0 Å². The molecule has 1 heteroatoms. The van der Waals surface area contributed by atoms with Crippen molar-refractivity contribution in [2.45, 2.75) is 52.9 Å². The lowest BCUT2D eigenvalue weighted by Gasteiger charge is -2.11. The molecule has 0 aliphatic rings. The van der Waals surface area contributed by atoms with Crippen molar-refractivity contribution in [3.8, 4) is 0 Å². The van der Waals surface area contributed by atoms with Gasteiger partial charge in [0.05, 0.1) is 0 Å². The van der Waals surface area contributed by atoms with E-state index in [1.54, 1.807) is 4.88 Å². The third-order valence-corrected chi connectivity index (χ3v) is 3.88. The molecule has 0 aromatic carbocycles. The molecule has 15 heavy (non-hydrogen) atoms. The number of rotatable bonds is 7. The lowest BCUT2D eigenvalue weighted by molar-refractivity contribution is 0.438. The average molecular weight is 224 g/mol. The Morgan fingerprint density at radius 1 is 1.13 bits per heavy atom. The summed E-state index contributed by atoms with van der Waals surface area (Å²) in [5, 5.41) is 2.18. The van der Waals surface area contributed by atoms with E-state index in [0.29, 0.717) is 0 Å². The van der Waals surface area contributed by atoms with Gasteiger partial charge in [-0.2, -0.15) is 0 Å². The van der Waals surface area contributed by atoms with Gasteiger partial charge in [-0.05, 0) is 36.1 Å². The third-order valence-electron chi connectivity index (χ3n) is 2.94. The van der Waals surface area contributed by atoms with Crippen molar-refractivity contribution in [3.63, 3.8) is 0 Å². The topological polar surface area (TPSA) is 0 Å². The molecule has 1 atom stereocenters. The van der Waals surface area contributed by atoms with Crippen LogP contribution in [0.2, 0.25) is 0 Å². The minimum atomic E-state index is 0.870. The molecule has 1 unspecified atom stereocenters. The van der Waals surface area contributed by atoms with Crippen LogP contribution in [0.3, 0.4) is 0 Å². The van der Waals surface area contributed by atoms with Gasteiger partial charge in [-0.15, -0.1) is 11.3 Å². The van der Waals surface area contributed by atoms with Gasteiger partial charge in [-0.3, -0.25) is 0 Å². The average Bonchev–Trinajstić information content (AvgIpc) is 2.66. The van der Waals surface area contributed by atoms with Crippen molar-refractivity contribution in [3.05, 3.63) is 22.4 Å². The quantitative estimate of drug-likeness (QED) is 0.601. The second kappa shape index (κ2) is 7.05. The first-order chi connectivity index (χ1) is 7.18. The van der Waals surface area contributed by atoms with E-state index in [1.807, 2.05) is 11.3 Å². The lowest BCUT2D eigenvalue weighted by Crippen LogP contribution is -1.98. The van der Waals surface area contributed by atoms with Crippen molar-refractivity contribution < 1.29 is 0 Å². The predicted octanol–water partition coefficient (Wildman–Crippen LogP) is 5.14. The Balaban J connectivity index is 2.06. The smallest absolute Gasteiger partial charge is 0.00453 e. The maximum absolute atomic E-state index is 2.40. The largest absolute Gasteiger partial charge is 0.149 e. The van der Waals surface area contributed by atoms with Gasteiger partial charge < -0.3 is 0 Å². The second-order valence-corrected chi connectivity index (χ2v) is 6.08. The van der Waals surface area contributed by atoms with Crippen molar-refractivity contribution in [1.82, 2.24) is 0 Å². The van der Waals surface area contributed by atoms with Crippen LogP contribution in [0.5, 0.6) is 0 Å². The lowest BCUT2D eigenvalue weighted by atomic mass is 9.96. The fourth-order valence-electron chi connectivity index (χ4n) is 1.86. The van der Waals surface area contributed by atoms with E-state index in [4.69, 9.17) is 0 Å². The van der Waals surface area contributed by atoms with Gasteiger partial charge >= 0.3 is 0 Å². The van der Waals surface area contributed by atoms with Crippen LogP contribution < -0.4 is 0 Å². The fourth-order valence-corrected chi connectivity index (χ4v) is 2.59. The normalized spacial score (nSPS) is 13.3. The van der Waals surface area contributed by atoms with E-state index in [9.17, 15) is 0 Å². The highest BCUT2D eigenvalue weighted by atomic mass is 32.1. The molecule has 0 radical (unpaired) electrons. The molecule has 0 N–H and O–H groups in total. The Bertz CT molecular complexity index is 236. The van der Waals surface area contributed by atoms with Gasteiger partial charge in [0.2, 0.25) is 0 Å².